The van der Waals surface area contributed by atoms with E-state index in [0.717, 1.165) is 5.56 Å². The quantitative estimate of drug-likeness (QED) is 0.825. The third-order valence-electron chi connectivity index (χ3n) is 3.01. The summed E-state index contributed by atoms with van der Waals surface area (Å²) in [6, 6.07) is 5.98. The van der Waals surface area contributed by atoms with E-state index in [2.05, 4.69) is 0 Å². The summed E-state index contributed by atoms with van der Waals surface area (Å²) in [6.07, 6.45) is -0.670. The van der Waals surface area contributed by atoms with Gasteiger partial charge in [0, 0.05) is 10.8 Å². The standard InChI is InChI=1S/C15H18ClNO4S/c1-15(2,3)21-14(20)17-11(13(18)19)8-22-12(17)9-5-4-6-10(16)7-9/h4-7,11-12H,8H2,1-3H3,(H,18,19)/p-1/t11-,12-/m1/s1. The van der Waals surface area contributed by atoms with Crippen molar-refractivity contribution in [2.75, 3.05) is 5.75 Å². The van der Waals surface area contributed by atoms with Crippen LogP contribution in [0.3, 0.4) is 0 Å². The van der Waals surface area contributed by atoms with Gasteiger partial charge in [0.25, 0.3) is 0 Å². The number of hydrogen-bond acceptors (Lipinski definition) is 5. The molecule has 1 aliphatic heterocycles. The maximum Gasteiger partial charge on any atom is 0.412 e. The van der Waals surface area contributed by atoms with Gasteiger partial charge < -0.3 is 14.6 Å². The molecule has 1 aliphatic rings. The van der Waals surface area contributed by atoms with Gasteiger partial charge in [0.1, 0.15) is 11.0 Å². The van der Waals surface area contributed by atoms with Crippen LogP contribution in [0.5, 0.6) is 0 Å². The zero-order valence-electron chi connectivity index (χ0n) is 12.5. The normalized spacial score (nSPS) is 21.7. The highest BCUT2D eigenvalue weighted by atomic mass is 35.5. The van der Waals surface area contributed by atoms with Gasteiger partial charge in [0.2, 0.25) is 0 Å². The Hall–Kier alpha value is -1.40. The number of carbonyl (C=O) groups is 2. The summed E-state index contributed by atoms with van der Waals surface area (Å²) in [7, 11) is 0. The summed E-state index contributed by atoms with van der Waals surface area (Å²) < 4.78 is 5.33. The second-order valence-corrected chi connectivity index (χ2v) is 7.51. The van der Waals surface area contributed by atoms with Gasteiger partial charge in [-0.05, 0) is 38.5 Å². The predicted octanol–water partition coefficient (Wildman–Crippen LogP) is 2.44. The van der Waals surface area contributed by atoms with Crippen LogP contribution in [0.2, 0.25) is 5.02 Å². The van der Waals surface area contributed by atoms with E-state index < -0.39 is 29.1 Å². The van der Waals surface area contributed by atoms with Gasteiger partial charge in [-0.3, -0.25) is 4.90 Å². The molecule has 1 aromatic rings. The van der Waals surface area contributed by atoms with Crippen molar-refractivity contribution in [2.24, 2.45) is 0 Å². The SMILES string of the molecule is CC(C)(C)OC(=O)N1[C@@H](C(=O)[O-])CS[C@@H]1c1cccc(Cl)c1. The molecule has 22 heavy (non-hydrogen) atoms. The lowest BCUT2D eigenvalue weighted by atomic mass is 10.2. The minimum absolute atomic E-state index is 0.249. The summed E-state index contributed by atoms with van der Waals surface area (Å²) in [5.41, 5.74) is 0.0480. The molecule has 1 aromatic carbocycles. The van der Waals surface area contributed by atoms with Gasteiger partial charge in [-0.15, -0.1) is 11.8 Å². The minimum atomic E-state index is -1.29. The number of rotatable bonds is 2. The molecule has 120 valence electrons. The third-order valence-corrected chi connectivity index (χ3v) is 4.57. The van der Waals surface area contributed by atoms with Crippen LogP contribution in [0, 0.1) is 0 Å². The lowest BCUT2D eigenvalue weighted by Gasteiger charge is -2.32. The summed E-state index contributed by atoms with van der Waals surface area (Å²) in [6.45, 7) is 5.20. The van der Waals surface area contributed by atoms with Crippen LogP contribution in [0.25, 0.3) is 0 Å². The number of thioether (sulfide) groups is 1. The number of hydrogen-bond donors (Lipinski definition) is 0. The first-order valence-electron chi connectivity index (χ1n) is 6.78. The van der Waals surface area contributed by atoms with Gasteiger partial charge in [-0.1, -0.05) is 23.7 Å². The van der Waals surface area contributed by atoms with Crippen LogP contribution in [-0.4, -0.2) is 34.4 Å². The Kier molecular flexibility index (Phi) is 4.92. The lowest BCUT2D eigenvalue weighted by molar-refractivity contribution is -0.310. The molecule has 1 saturated heterocycles. The van der Waals surface area contributed by atoms with E-state index in [0.29, 0.717) is 5.02 Å². The van der Waals surface area contributed by atoms with Gasteiger partial charge >= 0.3 is 6.09 Å². The Morgan fingerprint density at radius 3 is 2.64 bits per heavy atom. The average molecular weight is 343 g/mol. The van der Waals surface area contributed by atoms with Crippen LogP contribution < -0.4 is 5.11 Å². The maximum absolute atomic E-state index is 12.4. The molecular formula is C15H17ClNO4S-. The first kappa shape index (κ1) is 17.0. The van der Waals surface area contributed by atoms with Gasteiger partial charge in [-0.2, -0.15) is 0 Å². The summed E-state index contributed by atoms with van der Waals surface area (Å²) >= 11 is 7.33. The highest BCUT2D eigenvalue weighted by molar-refractivity contribution is 7.99. The molecular weight excluding hydrogens is 326 g/mol. The first-order valence-corrected chi connectivity index (χ1v) is 8.21. The van der Waals surface area contributed by atoms with E-state index >= 15 is 0 Å². The zero-order chi connectivity index (χ0) is 16.5. The Bertz CT molecular complexity index is 587. The smallest absolute Gasteiger partial charge is 0.412 e. The number of carboxylic acid groups (broad SMARTS) is 1. The van der Waals surface area contributed by atoms with Gasteiger partial charge in [0.05, 0.1) is 12.0 Å². The molecule has 0 bridgehead atoms. The van der Waals surface area contributed by atoms with E-state index in [1.54, 1.807) is 45.0 Å². The number of benzene rings is 1. The Morgan fingerprint density at radius 2 is 2.09 bits per heavy atom. The Morgan fingerprint density at radius 1 is 1.41 bits per heavy atom. The molecule has 0 radical (unpaired) electrons. The summed E-state index contributed by atoms with van der Waals surface area (Å²) in [5.74, 6) is -1.04. The molecule has 0 unspecified atom stereocenters. The molecule has 5 nitrogen and oxygen atoms in total. The number of amides is 1. The number of carbonyl (C=O) groups excluding carboxylic acids is 2. The average Bonchev–Trinajstić information content (AvgIpc) is 2.81. The molecule has 0 aliphatic carbocycles. The minimum Gasteiger partial charge on any atom is -0.548 e. The maximum atomic E-state index is 12.4. The Balaban J connectivity index is 2.32. The number of carboxylic acids is 1. The largest absolute Gasteiger partial charge is 0.548 e. The second-order valence-electron chi connectivity index (χ2n) is 5.96. The monoisotopic (exact) mass is 342 g/mol. The molecule has 1 amide bonds. The fraction of sp³-hybridized carbons (Fsp3) is 0.467. The molecule has 7 heteroatoms. The van der Waals surface area contributed by atoms with Crippen molar-refractivity contribution in [3.63, 3.8) is 0 Å². The van der Waals surface area contributed by atoms with E-state index in [9.17, 15) is 14.7 Å². The molecule has 2 rings (SSSR count). The van der Waals surface area contributed by atoms with Gasteiger partial charge in [-0.25, -0.2) is 4.79 Å². The van der Waals surface area contributed by atoms with Crippen molar-refractivity contribution in [2.45, 2.75) is 37.8 Å². The van der Waals surface area contributed by atoms with Crippen LogP contribution in [0.15, 0.2) is 24.3 Å². The van der Waals surface area contributed by atoms with Crippen molar-refractivity contribution < 1.29 is 19.4 Å². The van der Waals surface area contributed by atoms with Crippen molar-refractivity contribution in [1.29, 1.82) is 0 Å². The van der Waals surface area contributed by atoms with Crippen molar-refractivity contribution >= 4 is 35.4 Å². The molecule has 1 fully saturated rings. The highest BCUT2D eigenvalue weighted by Crippen LogP contribution is 2.42. The number of aliphatic carboxylic acids is 1. The van der Waals surface area contributed by atoms with Crippen LogP contribution in [0.4, 0.5) is 4.79 Å². The van der Waals surface area contributed by atoms with Crippen LogP contribution >= 0.6 is 23.4 Å². The van der Waals surface area contributed by atoms with E-state index in [1.807, 2.05) is 0 Å². The molecule has 0 aromatic heterocycles. The van der Waals surface area contributed by atoms with Crippen molar-refractivity contribution in [3.05, 3.63) is 34.9 Å². The van der Waals surface area contributed by atoms with E-state index in [4.69, 9.17) is 16.3 Å². The van der Waals surface area contributed by atoms with Gasteiger partial charge in [0.15, 0.2) is 0 Å². The number of nitrogens with zero attached hydrogens (tertiary/aromatic N) is 1. The molecule has 0 N–H and O–H groups in total. The molecule has 0 spiro atoms. The topological polar surface area (TPSA) is 69.7 Å². The number of ether oxygens (including phenoxy) is 1. The van der Waals surface area contributed by atoms with E-state index in [-0.39, 0.29) is 5.75 Å². The first-order chi connectivity index (χ1) is 10.2. The fourth-order valence-electron chi connectivity index (χ4n) is 2.14. The van der Waals surface area contributed by atoms with Crippen LogP contribution in [0.1, 0.15) is 31.7 Å². The fourth-order valence-corrected chi connectivity index (χ4v) is 3.74. The predicted molar refractivity (Wildman–Crippen MR) is 83.5 cm³/mol. The lowest BCUT2D eigenvalue weighted by Crippen LogP contribution is -2.50. The molecule has 1 heterocycles. The van der Waals surface area contributed by atoms with Crippen LogP contribution in [-0.2, 0) is 9.53 Å². The Labute approximate surface area is 138 Å². The summed E-state index contributed by atoms with van der Waals surface area (Å²) in [5, 5.41) is 11.4. The molecule has 2 atom stereocenters. The summed E-state index contributed by atoms with van der Waals surface area (Å²) in [4.78, 5) is 25.0. The number of halogens is 1. The van der Waals surface area contributed by atoms with E-state index in [1.165, 1.54) is 16.7 Å². The highest BCUT2D eigenvalue weighted by Gasteiger charge is 2.41. The zero-order valence-corrected chi connectivity index (χ0v) is 14.1. The second kappa shape index (κ2) is 6.38. The van der Waals surface area contributed by atoms with Crippen molar-refractivity contribution in [3.8, 4) is 0 Å². The third kappa shape index (κ3) is 3.87. The molecule has 0 saturated carbocycles. The van der Waals surface area contributed by atoms with Crippen molar-refractivity contribution in [1.82, 2.24) is 4.90 Å².